The van der Waals surface area contributed by atoms with Crippen LogP contribution >= 0.6 is 0 Å². The van der Waals surface area contributed by atoms with Gasteiger partial charge in [0.25, 0.3) is 0 Å². The second-order valence-corrected chi connectivity index (χ2v) is 5.05. The number of para-hydroxylation sites is 1. The first kappa shape index (κ1) is 17.5. The Bertz CT molecular complexity index is 795. The zero-order chi connectivity index (χ0) is 17.7. The number of Topliss-reactive ketones (excluding diaryl/α,β-unsaturated/α-hetero) is 1. The Kier molecular flexibility index (Phi) is 5.18. The van der Waals surface area contributed by atoms with E-state index in [1.807, 2.05) is 0 Å². The van der Waals surface area contributed by atoms with Gasteiger partial charge in [0.2, 0.25) is 5.91 Å². The second-order valence-electron chi connectivity index (χ2n) is 5.05. The predicted molar refractivity (Wildman–Crippen MR) is 85.6 cm³/mol. The van der Waals surface area contributed by atoms with Crippen molar-refractivity contribution in [1.29, 1.82) is 0 Å². The summed E-state index contributed by atoms with van der Waals surface area (Å²) in [6, 6.07) is 11.1. The molecule has 0 aliphatic rings. The van der Waals surface area contributed by atoms with Gasteiger partial charge in [-0.05, 0) is 42.8 Å². The number of carbonyl (C=O) groups is 2. The maximum Gasteiger partial charge on any atom is 0.416 e. The van der Waals surface area contributed by atoms with Crippen molar-refractivity contribution in [2.45, 2.75) is 13.1 Å². The lowest BCUT2D eigenvalue weighted by Gasteiger charge is -2.07. The fraction of sp³-hybridized carbons (Fsp3) is 0.111. The maximum absolute atomic E-state index is 12.6. The van der Waals surface area contributed by atoms with Crippen molar-refractivity contribution in [3.05, 3.63) is 71.3 Å². The van der Waals surface area contributed by atoms with E-state index in [1.165, 1.54) is 25.1 Å². The molecule has 0 atom stereocenters. The van der Waals surface area contributed by atoms with Crippen LogP contribution in [0.2, 0.25) is 0 Å². The summed E-state index contributed by atoms with van der Waals surface area (Å²) in [5, 5.41) is 2.54. The van der Waals surface area contributed by atoms with Crippen LogP contribution in [0.1, 0.15) is 28.4 Å². The highest BCUT2D eigenvalue weighted by atomic mass is 19.4. The quantitative estimate of drug-likeness (QED) is 0.658. The first-order valence-electron chi connectivity index (χ1n) is 7.03. The predicted octanol–water partition coefficient (Wildman–Crippen LogP) is 4.56. The number of ketones is 1. The maximum atomic E-state index is 12.6. The smallest absolute Gasteiger partial charge is 0.322 e. The normalized spacial score (nSPS) is 11.5. The van der Waals surface area contributed by atoms with Crippen LogP contribution in [0, 0.1) is 0 Å². The molecule has 6 heteroatoms. The third-order valence-corrected chi connectivity index (χ3v) is 3.21. The summed E-state index contributed by atoms with van der Waals surface area (Å²) in [7, 11) is 0. The molecular weight excluding hydrogens is 319 g/mol. The van der Waals surface area contributed by atoms with Crippen LogP contribution in [0.3, 0.4) is 0 Å². The van der Waals surface area contributed by atoms with E-state index in [9.17, 15) is 22.8 Å². The van der Waals surface area contributed by atoms with Gasteiger partial charge in [0, 0.05) is 11.6 Å². The van der Waals surface area contributed by atoms with E-state index in [1.54, 1.807) is 24.3 Å². The lowest BCUT2D eigenvalue weighted by molar-refractivity contribution is -0.137. The number of hydrogen-bond donors (Lipinski definition) is 1. The van der Waals surface area contributed by atoms with E-state index in [4.69, 9.17) is 0 Å². The number of nitrogens with one attached hydrogen (secondary N) is 1. The molecule has 0 fully saturated rings. The average Bonchev–Trinajstić information content (AvgIpc) is 2.53. The summed E-state index contributed by atoms with van der Waals surface area (Å²) < 4.78 is 37.9. The van der Waals surface area contributed by atoms with Gasteiger partial charge in [-0.15, -0.1) is 0 Å². The Morgan fingerprint density at radius 3 is 2.42 bits per heavy atom. The van der Waals surface area contributed by atoms with Crippen molar-refractivity contribution in [2.75, 3.05) is 5.32 Å². The minimum Gasteiger partial charge on any atom is -0.322 e. The fourth-order valence-electron chi connectivity index (χ4n) is 2.06. The van der Waals surface area contributed by atoms with E-state index in [2.05, 4.69) is 5.32 Å². The number of anilines is 1. The van der Waals surface area contributed by atoms with Crippen molar-refractivity contribution in [3.8, 4) is 0 Å². The fourth-order valence-corrected chi connectivity index (χ4v) is 2.06. The topological polar surface area (TPSA) is 46.2 Å². The molecule has 0 saturated heterocycles. The van der Waals surface area contributed by atoms with Gasteiger partial charge in [0.05, 0.1) is 11.3 Å². The molecule has 0 spiro atoms. The van der Waals surface area contributed by atoms with Gasteiger partial charge in [-0.25, -0.2) is 0 Å². The molecule has 0 heterocycles. The molecule has 0 saturated carbocycles. The summed E-state index contributed by atoms with van der Waals surface area (Å²) >= 11 is 0. The molecule has 0 aromatic heterocycles. The summed E-state index contributed by atoms with van der Waals surface area (Å²) in [6.07, 6.45) is -2.04. The van der Waals surface area contributed by atoms with E-state index in [0.717, 1.165) is 18.2 Å². The van der Waals surface area contributed by atoms with Crippen LogP contribution in [0.25, 0.3) is 6.08 Å². The molecule has 0 radical (unpaired) electrons. The number of benzene rings is 2. The number of amides is 1. The Balaban J connectivity index is 2.13. The average molecular weight is 333 g/mol. The van der Waals surface area contributed by atoms with Gasteiger partial charge in [-0.2, -0.15) is 13.2 Å². The van der Waals surface area contributed by atoms with Crippen molar-refractivity contribution in [3.63, 3.8) is 0 Å². The molecule has 2 rings (SSSR count). The van der Waals surface area contributed by atoms with Crippen LogP contribution in [-0.4, -0.2) is 11.7 Å². The summed E-state index contributed by atoms with van der Waals surface area (Å²) in [6.45, 7) is 1.38. The van der Waals surface area contributed by atoms with Crippen LogP contribution in [-0.2, 0) is 11.0 Å². The van der Waals surface area contributed by atoms with Crippen LogP contribution in [0.5, 0.6) is 0 Å². The highest BCUT2D eigenvalue weighted by Crippen LogP contribution is 2.29. The van der Waals surface area contributed by atoms with Gasteiger partial charge < -0.3 is 5.32 Å². The molecule has 2 aromatic rings. The molecule has 0 bridgehead atoms. The van der Waals surface area contributed by atoms with Gasteiger partial charge >= 0.3 is 6.18 Å². The summed E-state index contributed by atoms with van der Waals surface area (Å²) in [5.41, 5.74) is 0.175. The Hall–Kier alpha value is -2.89. The molecule has 1 amide bonds. The molecule has 0 unspecified atom stereocenters. The minimum atomic E-state index is -4.44. The highest BCUT2D eigenvalue weighted by Gasteiger charge is 2.30. The van der Waals surface area contributed by atoms with E-state index in [0.29, 0.717) is 11.3 Å². The Morgan fingerprint density at radius 1 is 1.04 bits per heavy atom. The lowest BCUT2D eigenvalue weighted by atomic mass is 10.1. The number of alkyl halides is 3. The van der Waals surface area contributed by atoms with Crippen LogP contribution < -0.4 is 5.32 Å². The Labute approximate surface area is 136 Å². The molecule has 0 aliphatic carbocycles. The third-order valence-electron chi connectivity index (χ3n) is 3.21. The Morgan fingerprint density at radius 2 is 1.75 bits per heavy atom. The molecule has 124 valence electrons. The minimum absolute atomic E-state index is 0.201. The van der Waals surface area contributed by atoms with Gasteiger partial charge in [0.15, 0.2) is 5.78 Å². The molecule has 1 N–H and O–H groups in total. The van der Waals surface area contributed by atoms with Gasteiger partial charge in [0.1, 0.15) is 0 Å². The van der Waals surface area contributed by atoms with Crippen molar-refractivity contribution in [2.24, 2.45) is 0 Å². The molecule has 2 aromatic carbocycles. The van der Waals surface area contributed by atoms with Crippen molar-refractivity contribution >= 4 is 23.5 Å². The summed E-state index contributed by atoms with van der Waals surface area (Å²) in [5.74, 6) is -0.742. The standard InChI is InChI=1S/C18H14F3NO2/c1-12(23)15-7-2-3-8-16(15)22-17(24)10-9-13-5-4-6-14(11-13)18(19,20)21/h2-11H,1H3,(H,22,24)/b10-9+. The first-order chi connectivity index (χ1) is 11.3. The highest BCUT2D eigenvalue weighted by molar-refractivity contribution is 6.07. The van der Waals surface area contributed by atoms with Crippen LogP contribution in [0.15, 0.2) is 54.6 Å². The number of rotatable bonds is 4. The molecule has 0 aliphatic heterocycles. The van der Waals surface area contributed by atoms with Crippen molar-refractivity contribution in [1.82, 2.24) is 0 Å². The van der Waals surface area contributed by atoms with Crippen LogP contribution in [0.4, 0.5) is 18.9 Å². The zero-order valence-corrected chi connectivity index (χ0v) is 12.7. The number of carbonyl (C=O) groups excluding carboxylic acids is 2. The molecule has 24 heavy (non-hydrogen) atoms. The van der Waals surface area contributed by atoms with E-state index >= 15 is 0 Å². The third kappa shape index (κ3) is 4.55. The largest absolute Gasteiger partial charge is 0.416 e. The second kappa shape index (κ2) is 7.12. The zero-order valence-electron chi connectivity index (χ0n) is 12.7. The molecular formula is C18H14F3NO2. The number of halogens is 3. The first-order valence-corrected chi connectivity index (χ1v) is 7.03. The van der Waals surface area contributed by atoms with E-state index in [-0.39, 0.29) is 11.3 Å². The van der Waals surface area contributed by atoms with Crippen molar-refractivity contribution < 1.29 is 22.8 Å². The van der Waals surface area contributed by atoms with Gasteiger partial charge in [-0.1, -0.05) is 24.3 Å². The SMILES string of the molecule is CC(=O)c1ccccc1NC(=O)/C=C/c1cccc(C(F)(F)F)c1. The lowest BCUT2D eigenvalue weighted by Crippen LogP contribution is -2.11. The summed E-state index contributed by atoms with van der Waals surface area (Å²) in [4.78, 5) is 23.4. The number of hydrogen-bond acceptors (Lipinski definition) is 2. The molecule has 3 nitrogen and oxygen atoms in total. The monoisotopic (exact) mass is 333 g/mol. The van der Waals surface area contributed by atoms with E-state index < -0.39 is 17.6 Å². The van der Waals surface area contributed by atoms with Gasteiger partial charge in [-0.3, -0.25) is 9.59 Å².